The molecule has 0 fully saturated rings. The average molecular weight is 398 g/mol. The van der Waals surface area contributed by atoms with Crippen molar-refractivity contribution in [2.45, 2.75) is 26.3 Å². The van der Waals surface area contributed by atoms with Gasteiger partial charge in [0.05, 0.1) is 6.54 Å². The maximum absolute atomic E-state index is 14.1. The molecule has 1 amide bonds. The van der Waals surface area contributed by atoms with Gasteiger partial charge in [0.15, 0.2) is 5.75 Å². The van der Waals surface area contributed by atoms with Crippen LogP contribution in [0.1, 0.15) is 41.4 Å². The maximum atomic E-state index is 14.1. The monoisotopic (exact) mass is 397 g/mol. The summed E-state index contributed by atoms with van der Waals surface area (Å²) in [6.07, 6.45) is 0. The molecule has 0 aliphatic carbocycles. The molecule has 1 aromatic carbocycles. The molecule has 0 aliphatic rings. The fourth-order valence-corrected chi connectivity index (χ4v) is 2.50. The number of carbonyl (C=O) groups excluding carboxylic acids is 1. The van der Waals surface area contributed by atoms with E-state index in [1.165, 1.54) is 12.1 Å². The van der Waals surface area contributed by atoms with Gasteiger partial charge in [-0.25, -0.2) is 9.07 Å². The summed E-state index contributed by atoms with van der Waals surface area (Å²) >= 11 is 5.71. The van der Waals surface area contributed by atoms with Crippen molar-refractivity contribution in [1.82, 2.24) is 15.1 Å². The van der Waals surface area contributed by atoms with Gasteiger partial charge in [-0.2, -0.15) is 5.10 Å². The van der Waals surface area contributed by atoms with Crippen LogP contribution in [0.25, 0.3) is 0 Å². The lowest BCUT2D eigenvalue weighted by Crippen LogP contribution is -2.37. The zero-order valence-electron chi connectivity index (χ0n) is 14.5. The standard InChI is InChI=1S/C17H17ClFN3O5/c1-8(2)14-15(25)13(16(26)20-6-12(23)24)17(27)22(21-14)7-9-3-4-10(18)5-11(9)19/h3-5,8,25H,6-7H2,1-2H3,(H,20,26)(H,23,24). The highest BCUT2D eigenvalue weighted by atomic mass is 35.5. The van der Waals surface area contributed by atoms with Crippen LogP contribution in [0.15, 0.2) is 23.0 Å². The van der Waals surface area contributed by atoms with Crippen LogP contribution in [-0.2, 0) is 11.3 Å². The summed E-state index contributed by atoms with van der Waals surface area (Å²) in [6.45, 7) is 2.32. The normalized spacial score (nSPS) is 10.9. The average Bonchev–Trinajstić information content (AvgIpc) is 2.57. The number of hydrogen-bond acceptors (Lipinski definition) is 5. The van der Waals surface area contributed by atoms with E-state index >= 15 is 0 Å². The lowest BCUT2D eigenvalue weighted by atomic mass is 10.1. The second kappa shape index (κ2) is 8.17. The van der Waals surface area contributed by atoms with Crippen LogP contribution in [0.4, 0.5) is 4.39 Å². The third-order valence-electron chi connectivity index (χ3n) is 3.67. The number of nitrogens with zero attached hydrogens (tertiary/aromatic N) is 2. The molecule has 144 valence electrons. The van der Waals surface area contributed by atoms with E-state index in [2.05, 4.69) is 5.10 Å². The van der Waals surface area contributed by atoms with Crippen molar-refractivity contribution >= 4 is 23.5 Å². The van der Waals surface area contributed by atoms with Crippen LogP contribution < -0.4 is 10.9 Å². The quantitative estimate of drug-likeness (QED) is 0.682. The molecule has 0 radical (unpaired) electrons. The Bertz CT molecular complexity index is 958. The van der Waals surface area contributed by atoms with Crippen molar-refractivity contribution in [2.24, 2.45) is 0 Å². The van der Waals surface area contributed by atoms with Gasteiger partial charge in [-0.1, -0.05) is 31.5 Å². The van der Waals surface area contributed by atoms with Gasteiger partial charge in [0.2, 0.25) is 0 Å². The van der Waals surface area contributed by atoms with Crippen molar-refractivity contribution in [3.8, 4) is 5.75 Å². The summed E-state index contributed by atoms with van der Waals surface area (Å²) in [5, 5.41) is 25.2. The van der Waals surface area contributed by atoms with Crippen molar-refractivity contribution < 1.29 is 24.2 Å². The Morgan fingerprint density at radius 3 is 2.59 bits per heavy atom. The molecule has 0 spiro atoms. The van der Waals surface area contributed by atoms with Crippen LogP contribution in [0.3, 0.4) is 0 Å². The Morgan fingerprint density at radius 2 is 2.04 bits per heavy atom. The predicted molar refractivity (Wildman–Crippen MR) is 94.7 cm³/mol. The first kappa shape index (κ1) is 20.4. The number of nitrogens with one attached hydrogen (secondary N) is 1. The van der Waals surface area contributed by atoms with Gasteiger partial charge in [0, 0.05) is 16.5 Å². The van der Waals surface area contributed by atoms with Gasteiger partial charge in [-0.05, 0) is 12.1 Å². The molecule has 1 aromatic heterocycles. The SMILES string of the molecule is CC(C)c1nn(Cc2ccc(Cl)cc2F)c(=O)c(C(=O)NCC(=O)O)c1O. The van der Waals surface area contributed by atoms with E-state index < -0.39 is 41.1 Å². The number of hydrogen-bond donors (Lipinski definition) is 3. The first-order valence-electron chi connectivity index (χ1n) is 7.89. The minimum Gasteiger partial charge on any atom is -0.505 e. The van der Waals surface area contributed by atoms with Crippen LogP contribution in [0, 0.1) is 5.82 Å². The number of halogens is 2. The van der Waals surface area contributed by atoms with Crippen LogP contribution in [-0.4, -0.2) is 38.4 Å². The molecule has 27 heavy (non-hydrogen) atoms. The first-order valence-corrected chi connectivity index (χ1v) is 8.27. The largest absolute Gasteiger partial charge is 0.505 e. The summed E-state index contributed by atoms with van der Waals surface area (Å²) in [5.74, 6) is -4.03. The minimum absolute atomic E-state index is 0.0458. The lowest BCUT2D eigenvalue weighted by Gasteiger charge is -2.15. The van der Waals surface area contributed by atoms with Crippen molar-refractivity contribution in [1.29, 1.82) is 0 Å². The number of aromatic hydroxyl groups is 1. The van der Waals surface area contributed by atoms with E-state index in [0.717, 1.165) is 10.7 Å². The number of carboxylic acid groups (broad SMARTS) is 1. The number of carboxylic acids is 1. The Kier molecular flexibility index (Phi) is 6.17. The summed E-state index contributed by atoms with van der Waals surface area (Å²) in [7, 11) is 0. The molecule has 3 N–H and O–H groups in total. The molecule has 2 aromatic rings. The number of carbonyl (C=O) groups is 2. The first-order chi connectivity index (χ1) is 12.6. The molecule has 0 aliphatic heterocycles. The topological polar surface area (TPSA) is 122 Å². The van der Waals surface area contributed by atoms with E-state index in [-0.39, 0.29) is 28.7 Å². The number of rotatable bonds is 6. The molecule has 0 saturated carbocycles. The van der Waals surface area contributed by atoms with Gasteiger partial charge in [-0.15, -0.1) is 0 Å². The van der Waals surface area contributed by atoms with Gasteiger partial charge in [-0.3, -0.25) is 14.4 Å². The number of amides is 1. The maximum Gasteiger partial charge on any atom is 0.322 e. The fraction of sp³-hybridized carbons (Fsp3) is 0.294. The van der Waals surface area contributed by atoms with Crippen molar-refractivity contribution in [3.63, 3.8) is 0 Å². The number of benzene rings is 1. The summed E-state index contributed by atoms with van der Waals surface area (Å²) in [4.78, 5) is 35.5. The third-order valence-corrected chi connectivity index (χ3v) is 3.90. The molecule has 0 bridgehead atoms. The number of aliphatic carboxylic acids is 1. The summed E-state index contributed by atoms with van der Waals surface area (Å²) in [5.41, 5.74) is -1.48. The smallest absolute Gasteiger partial charge is 0.322 e. The highest BCUT2D eigenvalue weighted by Crippen LogP contribution is 2.25. The molecule has 10 heteroatoms. The highest BCUT2D eigenvalue weighted by Gasteiger charge is 2.25. The molecule has 1 heterocycles. The summed E-state index contributed by atoms with van der Waals surface area (Å²) in [6, 6.07) is 3.89. The molecular formula is C17H17ClFN3O5. The Balaban J connectivity index is 2.56. The lowest BCUT2D eigenvalue weighted by molar-refractivity contribution is -0.135. The summed E-state index contributed by atoms with van der Waals surface area (Å²) < 4.78 is 14.9. The second-order valence-electron chi connectivity index (χ2n) is 6.04. The van der Waals surface area contributed by atoms with Crippen molar-refractivity contribution in [2.75, 3.05) is 6.54 Å². The fourth-order valence-electron chi connectivity index (χ4n) is 2.34. The van der Waals surface area contributed by atoms with Gasteiger partial charge in [0.25, 0.3) is 11.5 Å². The molecule has 8 nitrogen and oxygen atoms in total. The minimum atomic E-state index is -1.32. The Hall–Kier alpha value is -2.94. The van der Waals surface area contributed by atoms with E-state index in [1.807, 2.05) is 5.32 Å². The molecular weight excluding hydrogens is 381 g/mol. The third kappa shape index (κ3) is 4.62. The van der Waals surface area contributed by atoms with Crippen LogP contribution in [0.2, 0.25) is 5.02 Å². The van der Waals surface area contributed by atoms with Crippen molar-refractivity contribution in [3.05, 3.63) is 56.2 Å². The Morgan fingerprint density at radius 1 is 1.37 bits per heavy atom. The molecule has 0 saturated heterocycles. The number of aromatic nitrogens is 2. The predicted octanol–water partition coefficient (Wildman–Crippen LogP) is 1.73. The van der Waals surface area contributed by atoms with Gasteiger partial charge < -0.3 is 15.5 Å². The second-order valence-corrected chi connectivity index (χ2v) is 6.47. The zero-order chi connectivity index (χ0) is 20.3. The van der Waals surface area contributed by atoms with E-state index in [1.54, 1.807) is 13.8 Å². The van der Waals surface area contributed by atoms with Crippen LogP contribution >= 0.6 is 11.6 Å². The van der Waals surface area contributed by atoms with Crippen LogP contribution in [0.5, 0.6) is 5.75 Å². The van der Waals surface area contributed by atoms with E-state index in [4.69, 9.17) is 16.7 Å². The van der Waals surface area contributed by atoms with Gasteiger partial charge >= 0.3 is 5.97 Å². The highest BCUT2D eigenvalue weighted by molar-refractivity contribution is 6.30. The molecule has 0 atom stereocenters. The Labute approximate surface area is 158 Å². The molecule has 2 rings (SSSR count). The molecule has 0 unspecified atom stereocenters. The van der Waals surface area contributed by atoms with E-state index in [0.29, 0.717) is 0 Å². The van der Waals surface area contributed by atoms with Gasteiger partial charge in [0.1, 0.15) is 23.6 Å². The van der Waals surface area contributed by atoms with E-state index in [9.17, 15) is 23.9 Å². The zero-order valence-corrected chi connectivity index (χ0v) is 15.2.